The fourth-order valence-electron chi connectivity index (χ4n) is 5.77. The first-order valence-electron chi connectivity index (χ1n) is 14.1. The Balaban J connectivity index is 1.25. The second-order valence-corrected chi connectivity index (χ2v) is 11.0. The first kappa shape index (κ1) is 26.1. The van der Waals surface area contributed by atoms with Gasteiger partial charge in [-0.05, 0) is 53.4 Å². The van der Waals surface area contributed by atoms with Crippen LogP contribution in [0.15, 0.2) is 60.9 Å². The van der Waals surface area contributed by atoms with Gasteiger partial charge >= 0.3 is 0 Å². The Hall–Kier alpha value is -4.77. The molecule has 1 fully saturated rings. The number of halogens is 1. The number of aromatic amines is 1. The smallest absolute Gasteiger partial charge is 0.276 e. The molecule has 214 valence electrons. The first-order valence-corrected chi connectivity index (χ1v) is 14.1. The summed E-state index contributed by atoms with van der Waals surface area (Å²) in [4.78, 5) is 23.1. The predicted octanol–water partition coefficient (Wildman–Crippen LogP) is 4.99. The molecule has 5 heterocycles. The Morgan fingerprint density at radius 2 is 1.81 bits per heavy atom. The van der Waals surface area contributed by atoms with Crippen LogP contribution in [0.5, 0.6) is 0 Å². The zero-order valence-electron chi connectivity index (χ0n) is 23.5. The fourth-order valence-corrected chi connectivity index (χ4v) is 5.77. The third-order valence-corrected chi connectivity index (χ3v) is 7.91. The summed E-state index contributed by atoms with van der Waals surface area (Å²) in [7, 11) is 0. The number of amides is 1. The van der Waals surface area contributed by atoms with Gasteiger partial charge in [0.1, 0.15) is 11.6 Å². The van der Waals surface area contributed by atoms with Crippen LogP contribution in [0.3, 0.4) is 0 Å². The number of benzene rings is 2. The van der Waals surface area contributed by atoms with Crippen LogP contribution in [-0.2, 0) is 17.8 Å². The predicted molar refractivity (Wildman–Crippen MR) is 158 cm³/mol. The molecule has 2 aliphatic heterocycles. The third-order valence-electron chi connectivity index (χ3n) is 7.91. The average Bonchev–Trinajstić information content (AvgIpc) is 3.76. The number of ether oxygens (including phenoxy) is 1. The topological polar surface area (TPSA) is 104 Å². The number of morpholine rings is 1. The molecule has 0 spiro atoms. The van der Waals surface area contributed by atoms with E-state index in [1.165, 1.54) is 6.07 Å². The molecule has 2 aromatic carbocycles. The number of hydrogen-bond acceptors (Lipinski definition) is 7. The van der Waals surface area contributed by atoms with E-state index >= 15 is 0 Å². The molecule has 42 heavy (non-hydrogen) atoms. The SMILES string of the molecule is CC(C)c1c(C(=O)Nc2ccc(N3CCOCC3)cc2)nn2c(-c3cn[nH]c3)cc(N3Cc4ccc(F)cc4C3)nc12. The van der Waals surface area contributed by atoms with Gasteiger partial charge in [0.2, 0.25) is 0 Å². The lowest BCUT2D eigenvalue weighted by Crippen LogP contribution is -2.36. The maximum atomic E-state index is 13.9. The van der Waals surface area contributed by atoms with Crippen LogP contribution in [0.4, 0.5) is 21.6 Å². The number of anilines is 3. The summed E-state index contributed by atoms with van der Waals surface area (Å²) in [5.41, 5.74) is 7.05. The molecule has 3 aromatic heterocycles. The number of H-pyrrole nitrogens is 1. The summed E-state index contributed by atoms with van der Waals surface area (Å²) < 4.78 is 21.1. The van der Waals surface area contributed by atoms with Crippen LogP contribution in [0.25, 0.3) is 16.9 Å². The van der Waals surface area contributed by atoms with Crippen molar-refractivity contribution >= 4 is 28.7 Å². The first-order chi connectivity index (χ1) is 20.4. The van der Waals surface area contributed by atoms with Gasteiger partial charge in [-0.1, -0.05) is 19.9 Å². The normalized spacial score (nSPS) is 15.0. The number of carbonyl (C=O) groups excluding carboxylic acids is 1. The van der Waals surface area contributed by atoms with Crippen LogP contribution in [-0.4, -0.2) is 57.0 Å². The second kappa shape index (κ2) is 10.6. The standard InChI is InChI=1S/C31H31FN8O2/c1-19(2)28-29(31(41)35-24-5-7-25(8-6-24)38-9-11-42-12-10-38)37-40-26(22-15-33-34-16-22)14-27(36-30(28)40)39-17-20-3-4-23(32)13-21(20)18-39/h3-8,13-16,19H,9-12,17-18H2,1-2H3,(H,33,34)(H,35,41). The fraction of sp³-hybridized carbons (Fsp3) is 0.290. The highest BCUT2D eigenvalue weighted by Gasteiger charge is 2.28. The van der Waals surface area contributed by atoms with Crippen molar-refractivity contribution in [2.75, 3.05) is 41.4 Å². The number of rotatable bonds is 6. The summed E-state index contributed by atoms with van der Waals surface area (Å²) in [6.07, 6.45) is 3.51. The van der Waals surface area contributed by atoms with Crippen LogP contribution in [0.1, 0.15) is 46.9 Å². The van der Waals surface area contributed by atoms with E-state index in [0.717, 1.165) is 52.5 Å². The quantitative estimate of drug-likeness (QED) is 0.298. The van der Waals surface area contributed by atoms with Crippen molar-refractivity contribution in [3.8, 4) is 11.3 Å². The Labute approximate surface area is 242 Å². The van der Waals surface area contributed by atoms with E-state index in [1.807, 2.05) is 50.2 Å². The van der Waals surface area contributed by atoms with Gasteiger partial charge in [-0.3, -0.25) is 9.89 Å². The average molecular weight is 567 g/mol. The van der Waals surface area contributed by atoms with E-state index < -0.39 is 0 Å². The Kier molecular flexibility index (Phi) is 6.58. The van der Waals surface area contributed by atoms with Crippen LogP contribution >= 0.6 is 0 Å². The number of hydrogen-bond donors (Lipinski definition) is 2. The van der Waals surface area contributed by atoms with Crippen LogP contribution in [0.2, 0.25) is 0 Å². The Bertz CT molecular complexity index is 1760. The highest BCUT2D eigenvalue weighted by Crippen LogP contribution is 2.34. The monoisotopic (exact) mass is 566 g/mol. The minimum Gasteiger partial charge on any atom is -0.378 e. The molecular weight excluding hydrogens is 535 g/mol. The molecule has 11 heteroatoms. The molecule has 1 amide bonds. The molecular formula is C31H31FN8O2. The summed E-state index contributed by atoms with van der Waals surface area (Å²) in [5.74, 6) is 0.147. The molecule has 10 nitrogen and oxygen atoms in total. The van der Waals surface area contributed by atoms with Gasteiger partial charge in [0.05, 0.1) is 25.1 Å². The molecule has 2 aliphatic rings. The van der Waals surface area contributed by atoms with Crippen molar-refractivity contribution in [1.29, 1.82) is 0 Å². The number of carbonyl (C=O) groups is 1. The van der Waals surface area contributed by atoms with E-state index in [0.29, 0.717) is 43.3 Å². The van der Waals surface area contributed by atoms with Crippen molar-refractivity contribution in [2.45, 2.75) is 32.9 Å². The minimum absolute atomic E-state index is 0.0308. The van der Waals surface area contributed by atoms with Gasteiger partial charge in [-0.25, -0.2) is 13.9 Å². The van der Waals surface area contributed by atoms with Crippen molar-refractivity contribution in [1.82, 2.24) is 24.8 Å². The zero-order valence-corrected chi connectivity index (χ0v) is 23.5. The molecule has 0 atom stereocenters. The van der Waals surface area contributed by atoms with Crippen LogP contribution < -0.4 is 15.1 Å². The lowest BCUT2D eigenvalue weighted by molar-refractivity contribution is 0.102. The second-order valence-electron chi connectivity index (χ2n) is 11.0. The van der Waals surface area contributed by atoms with Crippen molar-refractivity contribution in [2.24, 2.45) is 0 Å². The lowest BCUT2D eigenvalue weighted by Gasteiger charge is -2.28. The molecule has 5 aromatic rings. The van der Waals surface area contributed by atoms with Gasteiger partial charge in [-0.2, -0.15) is 10.2 Å². The molecule has 0 radical (unpaired) electrons. The summed E-state index contributed by atoms with van der Waals surface area (Å²) in [6.45, 7) is 8.34. The highest BCUT2D eigenvalue weighted by atomic mass is 19.1. The van der Waals surface area contributed by atoms with Gasteiger partial charge in [-0.15, -0.1) is 0 Å². The molecule has 1 saturated heterocycles. The van der Waals surface area contributed by atoms with Crippen molar-refractivity contribution in [3.63, 3.8) is 0 Å². The summed E-state index contributed by atoms with van der Waals surface area (Å²) in [6, 6.07) is 14.7. The third kappa shape index (κ3) is 4.75. The number of fused-ring (bicyclic) bond motifs is 2. The molecule has 0 saturated carbocycles. The van der Waals surface area contributed by atoms with E-state index in [9.17, 15) is 9.18 Å². The maximum absolute atomic E-state index is 13.9. The number of aromatic nitrogens is 5. The van der Waals surface area contributed by atoms with E-state index in [-0.39, 0.29) is 17.6 Å². The molecule has 0 unspecified atom stereocenters. The molecule has 7 rings (SSSR count). The van der Waals surface area contributed by atoms with Gasteiger partial charge in [0, 0.05) is 60.9 Å². The Morgan fingerprint density at radius 3 is 2.55 bits per heavy atom. The summed E-state index contributed by atoms with van der Waals surface area (Å²) in [5, 5.41) is 14.9. The van der Waals surface area contributed by atoms with E-state index in [1.54, 1.807) is 23.0 Å². The van der Waals surface area contributed by atoms with Crippen molar-refractivity contribution in [3.05, 3.63) is 89.1 Å². The lowest BCUT2D eigenvalue weighted by atomic mass is 10.0. The Morgan fingerprint density at radius 1 is 1.02 bits per heavy atom. The maximum Gasteiger partial charge on any atom is 0.276 e. The van der Waals surface area contributed by atoms with Crippen molar-refractivity contribution < 1.29 is 13.9 Å². The van der Waals surface area contributed by atoms with E-state index in [2.05, 4.69) is 25.3 Å². The highest BCUT2D eigenvalue weighted by molar-refractivity contribution is 6.05. The molecule has 0 aliphatic carbocycles. The summed E-state index contributed by atoms with van der Waals surface area (Å²) >= 11 is 0. The molecule has 2 N–H and O–H groups in total. The number of nitrogens with one attached hydrogen (secondary N) is 2. The minimum atomic E-state index is -0.299. The largest absolute Gasteiger partial charge is 0.378 e. The zero-order chi connectivity index (χ0) is 28.8. The van der Waals surface area contributed by atoms with Gasteiger partial charge in [0.25, 0.3) is 5.91 Å². The number of nitrogens with zero attached hydrogens (tertiary/aromatic N) is 6. The van der Waals surface area contributed by atoms with Gasteiger partial charge in [0.15, 0.2) is 11.3 Å². The van der Waals surface area contributed by atoms with Crippen LogP contribution in [0, 0.1) is 5.82 Å². The van der Waals surface area contributed by atoms with Gasteiger partial charge < -0.3 is 19.9 Å². The van der Waals surface area contributed by atoms with E-state index in [4.69, 9.17) is 14.8 Å². The molecule has 0 bridgehead atoms.